The Kier molecular flexibility index (Phi) is 7.39. The van der Waals surface area contributed by atoms with Gasteiger partial charge in [-0.2, -0.15) is 0 Å². The van der Waals surface area contributed by atoms with Crippen LogP contribution in [-0.4, -0.2) is 6.61 Å². The largest absolute Gasteiger partial charge is 0.491 e. The molecule has 0 bridgehead atoms. The number of ether oxygens (including phenoxy) is 1. The summed E-state index contributed by atoms with van der Waals surface area (Å²) in [7, 11) is 0. The topological polar surface area (TPSA) is 9.23 Å². The molecule has 0 aromatic rings. The smallest absolute Gasteiger partial charge is 0.196 e. The van der Waals surface area contributed by atoms with Crippen LogP contribution < -0.4 is 0 Å². The second-order valence-electron chi connectivity index (χ2n) is 9.26. The van der Waals surface area contributed by atoms with Crippen LogP contribution in [0, 0.1) is 35.5 Å². The summed E-state index contributed by atoms with van der Waals surface area (Å²) >= 11 is 0. The standard InChI is InChI=1S/C24H38F2O/c1-4-6-17-7-9-18(10-8-17)19-11-13-20(14-12-19)22-16(3)15-21(27-5-2)23(25)24(22)26/h15-20,22H,4-14H2,1-3H3. The molecule has 0 aromatic carbocycles. The van der Waals surface area contributed by atoms with Gasteiger partial charge in [-0.3, -0.25) is 0 Å². The van der Waals surface area contributed by atoms with Gasteiger partial charge in [0.1, 0.15) is 5.83 Å². The molecule has 3 rings (SSSR count). The van der Waals surface area contributed by atoms with Gasteiger partial charge in [-0.15, -0.1) is 0 Å². The van der Waals surface area contributed by atoms with E-state index in [-0.39, 0.29) is 23.5 Å². The molecule has 3 aliphatic carbocycles. The average molecular weight is 381 g/mol. The van der Waals surface area contributed by atoms with Crippen LogP contribution in [0.1, 0.15) is 85.0 Å². The molecule has 3 aliphatic rings. The fraction of sp³-hybridized carbons (Fsp3) is 0.833. The maximum Gasteiger partial charge on any atom is 0.196 e. The summed E-state index contributed by atoms with van der Waals surface area (Å²) in [6.07, 6.45) is 14.6. The van der Waals surface area contributed by atoms with Gasteiger partial charge in [-0.1, -0.05) is 39.5 Å². The van der Waals surface area contributed by atoms with E-state index in [2.05, 4.69) is 6.92 Å². The summed E-state index contributed by atoms with van der Waals surface area (Å²) in [5.74, 6) is 1.44. The van der Waals surface area contributed by atoms with Crippen molar-refractivity contribution in [3.8, 4) is 0 Å². The number of hydrogen-bond acceptors (Lipinski definition) is 1. The minimum atomic E-state index is -0.753. The van der Waals surface area contributed by atoms with Crippen LogP contribution >= 0.6 is 0 Å². The van der Waals surface area contributed by atoms with Crippen molar-refractivity contribution in [2.75, 3.05) is 6.61 Å². The Bertz CT molecular complexity index is 537. The molecule has 2 unspecified atom stereocenters. The average Bonchev–Trinajstić information content (AvgIpc) is 2.68. The Morgan fingerprint density at radius 2 is 1.44 bits per heavy atom. The lowest BCUT2D eigenvalue weighted by Gasteiger charge is -2.41. The summed E-state index contributed by atoms with van der Waals surface area (Å²) in [5.41, 5.74) is 0. The molecule has 0 radical (unpaired) electrons. The van der Waals surface area contributed by atoms with E-state index in [0.717, 1.165) is 30.6 Å². The lowest BCUT2D eigenvalue weighted by Crippen LogP contribution is -2.31. The predicted octanol–water partition coefficient (Wildman–Crippen LogP) is 7.74. The van der Waals surface area contributed by atoms with Crippen LogP contribution in [0.2, 0.25) is 0 Å². The number of hydrogen-bond donors (Lipinski definition) is 0. The third kappa shape index (κ3) is 4.77. The molecule has 0 N–H and O–H groups in total. The van der Waals surface area contributed by atoms with Crippen molar-refractivity contribution in [1.29, 1.82) is 0 Å². The van der Waals surface area contributed by atoms with Crippen molar-refractivity contribution in [2.45, 2.75) is 85.0 Å². The molecule has 154 valence electrons. The van der Waals surface area contributed by atoms with Gasteiger partial charge in [0.2, 0.25) is 0 Å². The lowest BCUT2D eigenvalue weighted by molar-refractivity contribution is 0.110. The maximum absolute atomic E-state index is 14.8. The van der Waals surface area contributed by atoms with Crippen LogP contribution in [0.3, 0.4) is 0 Å². The first kappa shape index (κ1) is 20.9. The van der Waals surface area contributed by atoms with Gasteiger partial charge in [0.25, 0.3) is 0 Å². The third-order valence-electron chi connectivity index (χ3n) is 7.58. The molecule has 2 fully saturated rings. The fourth-order valence-corrected chi connectivity index (χ4v) is 6.15. The lowest BCUT2D eigenvalue weighted by atomic mass is 9.65. The summed E-state index contributed by atoms with van der Waals surface area (Å²) in [6, 6.07) is 0. The highest BCUT2D eigenvalue weighted by Gasteiger charge is 2.40. The first-order valence-corrected chi connectivity index (χ1v) is 11.4. The zero-order chi connectivity index (χ0) is 19.4. The van der Waals surface area contributed by atoms with Crippen molar-refractivity contribution in [3.63, 3.8) is 0 Å². The van der Waals surface area contributed by atoms with Crippen LogP contribution in [-0.2, 0) is 4.74 Å². The number of rotatable bonds is 6. The highest BCUT2D eigenvalue weighted by Crippen LogP contribution is 2.48. The second kappa shape index (κ2) is 9.56. The molecule has 0 aliphatic heterocycles. The minimum absolute atomic E-state index is 0.0112. The Labute approximate surface area is 164 Å². The fourth-order valence-electron chi connectivity index (χ4n) is 6.15. The number of halogens is 2. The normalized spacial score (nSPS) is 37.9. The first-order valence-electron chi connectivity index (χ1n) is 11.4. The Balaban J connectivity index is 1.54. The van der Waals surface area contributed by atoms with E-state index in [1.54, 1.807) is 13.0 Å². The van der Waals surface area contributed by atoms with Gasteiger partial charge in [0.05, 0.1) is 6.61 Å². The van der Waals surface area contributed by atoms with Crippen molar-refractivity contribution in [2.24, 2.45) is 35.5 Å². The van der Waals surface area contributed by atoms with E-state index in [0.29, 0.717) is 6.61 Å². The molecule has 0 saturated heterocycles. The second-order valence-corrected chi connectivity index (χ2v) is 9.26. The highest BCUT2D eigenvalue weighted by atomic mass is 19.2. The summed E-state index contributed by atoms with van der Waals surface area (Å²) in [5, 5.41) is 0. The van der Waals surface area contributed by atoms with Crippen LogP contribution in [0.15, 0.2) is 23.5 Å². The maximum atomic E-state index is 14.8. The van der Waals surface area contributed by atoms with Crippen molar-refractivity contribution in [1.82, 2.24) is 0 Å². The molecule has 0 amide bonds. The first-order chi connectivity index (χ1) is 13.0. The molecule has 0 aromatic heterocycles. The molecular weight excluding hydrogens is 342 g/mol. The molecule has 1 nitrogen and oxygen atoms in total. The number of allylic oxidation sites excluding steroid dienone is 3. The monoisotopic (exact) mass is 380 g/mol. The molecule has 2 saturated carbocycles. The zero-order valence-corrected chi connectivity index (χ0v) is 17.5. The molecule has 0 heterocycles. The summed E-state index contributed by atoms with van der Waals surface area (Å²) in [6.45, 7) is 6.48. The molecule has 0 spiro atoms. The van der Waals surface area contributed by atoms with Crippen molar-refractivity contribution >= 4 is 0 Å². The van der Waals surface area contributed by atoms with E-state index in [1.807, 2.05) is 6.92 Å². The van der Waals surface area contributed by atoms with E-state index < -0.39 is 11.7 Å². The van der Waals surface area contributed by atoms with E-state index >= 15 is 0 Å². The Hall–Kier alpha value is -0.860. The van der Waals surface area contributed by atoms with Crippen molar-refractivity contribution < 1.29 is 13.5 Å². The molecule has 2 atom stereocenters. The Morgan fingerprint density at radius 3 is 2.00 bits per heavy atom. The summed E-state index contributed by atoms with van der Waals surface area (Å²) < 4.78 is 34.5. The molecule has 27 heavy (non-hydrogen) atoms. The SMILES string of the molecule is CCCC1CCC(C2CCC(C3C(F)=C(F)C(OCC)=CC3C)CC2)CC1. The van der Waals surface area contributed by atoms with Crippen molar-refractivity contribution in [3.05, 3.63) is 23.5 Å². The van der Waals surface area contributed by atoms with E-state index in [4.69, 9.17) is 4.74 Å². The zero-order valence-electron chi connectivity index (χ0n) is 17.5. The molecule has 3 heteroatoms. The molecular formula is C24H38F2O. The summed E-state index contributed by atoms with van der Waals surface area (Å²) in [4.78, 5) is 0. The van der Waals surface area contributed by atoms with Gasteiger partial charge in [0.15, 0.2) is 11.6 Å². The van der Waals surface area contributed by atoms with Gasteiger partial charge >= 0.3 is 0 Å². The van der Waals surface area contributed by atoms with Gasteiger partial charge in [-0.25, -0.2) is 8.78 Å². The van der Waals surface area contributed by atoms with Crippen LogP contribution in [0.4, 0.5) is 8.78 Å². The van der Waals surface area contributed by atoms with Gasteiger partial charge < -0.3 is 4.74 Å². The van der Waals surface area contributed by atoms with Crippen LogP contribution in [0.5, 0.6) is 0 Å². The Morgan fingerprint density at radius 1 is 0.889 bits per heavy atom. The van der Waals surface area contributed by atoms with E-state index in [9.17, 15) is 8.78 Å². The quantitative estimate of drug-likeness (QED) is 0.458. The van der Waals surface area contributed by atoms with Gasteiger partial charge in [0, 0.05) is 5.92 Å². The van der Waals surface area contributed by atoms with Crippen LogP contribution in [0.25, 0.3) is 0 Å². The predicted molar refractivity (Wildman–Crippen MR) is 107 cm³/mol. The third-order valence-corrected chi connectivity index (χ3v) is 7.58. The van der Waals surface area contributed by atoms with E-state index in [1.165, 1.54) is 51.4 Å². The minimum Gasteiger partial charge on any atom is -0.491 e. The van der Waals surface area contributed by atoms with Gasteiger partial charge in [-0.05, 0) is 81.1 Å². The highest BCUT2D eigenvalue weighted by molar-refractivity contribution is 5.30.